The third kappa shape index (κ3) is 38.4. The van der Waals surface area contributed by atoms with Gasteiger partial charge >= 0.3 is 0 Å². The first kappa shape index (κ1) is 49.1. The lowest BCUT2D eigenvalue weighted by Crippen LogP contribution is -2.45. The molecule has 4 nitrogen and oxygen atoms in total. The van der Waals surface area contributed by atoms with Crippen molar-refractivity contribution in [2.45, 2.75) is 270 Å². The summed E-state index contributed by atoms with van der Waals surface area (Å²) in [5.74, 6) is -0.0597. The molecule has 50 heavy (non-hydrogen) atoms. The van der Waals surface area contributed by atoms with Crippen LogP contribution in [0.5, 0.6) is 0 Å². The number of aliphatic hydroxyl groups excluding tert-OH is 2. The van der Waals surface area contributed by atoms with Crippen LogP contribution in [-0.4, -0.2) is 34.9 Å². The number of allylic oxidation sites excluding steroid dienone is 1. The molecule has 0 aromatic rings. The van der Waals surface area contributed by atoms with Crippen LogP contribution in [0.3, 0.4) is 0 Å². The van der Waals surface area contributed by atoms with E-state index in [2.05, 4.69) is 19.2 Å². The molecule has 0 saturated heterocycles. The number of hydrogen-bond acceptors (Lipinski definition) is 3. The minimum Gasteiger partial charge on any atom is -0.394 e. The molecule has 0 aliphatic carbocycles. The second-order valence-electron chi connectivity index (χ2n) is 15.8. The number of carbonyl (C=O) groups excluding carboxylic acids is 1. The SMILES string of the molecule is CCCCCCCCCCCC/C=C/[C@@H](O)[C@H](CO)NC(=O)CCCCCCCCCCCCCCCCCCCCCCCCCCCC. The Morgan fingerprint density at radius 1 is 0.460 bits per heavy atom. The van der Waals surface area contributed by atoms with Crippen LogP contribution in [0.4, 0.5) is 0 Å². The van der Waals surface area contributed by atoms with E-state index >= 15 is 0 Å². The third-order valence-electron chi connectivity index (χ3n) is 10.8. The number of rotatable bonds is 42. The summed E-state index contributed by atoms with van der Waals surface area (Å²) in [4.78, 5) is 12.4. The lowest BCUT2D eigenvalue weighted by molar-refractivity contribution is -0.123. The van der Waals surface area contributed by atoms with Gasteiger partial charge in [0.15, 0.2) is 0 Å². The topological polar surface area (TPSA) is 69.6 Å². The van der Waals surface area contributed by atoms with E-state index in [1.54, 1.807) is 6.08 Å². The first-order valence-corrected chi connectivity index (χ1v) is 22.9. The van der Waals surface area contributed by atoms with Gasteiger partial charge in [0.25, 0.3) is 0 Å². The van der Waals surface area contributed by atoms with Gasteiger partial charge in [-0.1, -0.05) is 244 Å². The first-order valence-electron chi connectivity index (χ1n) is 22.9. The van der Waals surface area contributed by atoms with Crippen LogP contribution in [0.2, 0.25) is 0 Å². The van der Waals surface area contributed by atoms with Crippen LogP contribution in [0.1, 0.15) is 258 Å². The Bertz CT molecular complexity index is 680. The summed E-state index contributed by atoms with van der Waals surface area (Å²) in [6, 6.07) is -0.615. The van der Waals surface area contributed by atoms with Gasteiger partial charge in [0.1, 0.15) is 0 Å². The second kappa shape index (κ2) is 42.5. The molecule has 0 bridgehead atoms. The zero-order valence-corrected chi connectivity index (χ0v) is 34.2. The molecular weight excluding hydrogens is 615 g/mol. The van der Waals surface area contributed by atoms with Crippen molar-refractivity contribution in [3.05, 3.63) is 12.2 Å². The highest BCUT2D eigenvalue weighted by Crippen LogP contribution is 2.17. The number of nitrogens with one attached hydrogen (secondary N) is 1. The highest BCUT2D eigenvalue weighted by Gasteiger charge is 2.17. The van der Waals surface area contributed by atoms with Gasteiger partial charge in [0.2, 0.25) is 5.91 Å². The zero-order chi connectivity index (χ0) is 36.4. The van der Waals surface area contributed by atoms with Crippen molar-refractivity contribution < 1.29 is 15.0 Å². The summed E-state index contributed by atoms with van der Waals surface area (Å²) in [6.07, 6.45) is 53.4. The Morgan fingerprint density at radius 2 is 0.740 bits per heavy atom. The molecule has 0 aromatic carbocycles. The molecule has 0 spiro atoms. The molecule has 0 aromatic heterocycles. The van der Waals surface area contributed by atoms with Gasteiger partial charge in [-0.2, -0.15) is 0 Å². The highest BCUT2D eigenvalue weighted by molar-refractivity contribution is 5.76. The normalized spacial score (nSPS) is 13.0. The van der Waals surface area contributed by atoms with Gasteiger partial charge in [0.05, 0.1) is 18.8 Å². The fraction of sp³-hybridized carbons (Fsp3) is 0.935. The molecule has 0 fully saturated rings. The average Bonchev–Trinajstić information content (AvgIpc) is 3.12. The summed E-state index contributed by atoms with van der Waals surface area (Å²) < 4.78 is 0. The van der Waals surface area contributed by atoms with Crippen LogP contribution in [-0.2, 0) is 4.79 Å². The van der Waals surface area contributed by atoms with Crippen molar-refractivity contribution in [3.8, 4) is 0 Å². The van der Waals surface area contributed by atoms with Crippen molar-refractivity contribution in [2.24, 2.45) is 0 Å². The molecule has 4 heteroatoms. The smallest absolute Gasteiger partial charge is 0.220 e. The Morgan fingerprint density at radius 3 is 1.04 bits per heavy atom. The Labute approximate surface area is 314 Å². The fourth-order valence-electron chi connectivity index (χ4n) is 7.24. The molecule has 0 rings (SSSR count). The molecule has 0 aliphatic rings. The monoisotopic (exact) mass is 706 g/mol. The summed E-state index contributed by atoms with van der Waals surface area (Å²) in [6.45, 7) is 4.32. The van der Waals surface area contributed by atoms with E-state index in [9.17, 15) is 15.0 Å². The zero-order valence-electron chi connectivity index (χ0n) is 34.2. The van der Waals surface area contributed by atoms with Crippen molar-refractivity contribution >= 4 is 5.91 Å². The average molecular weight is 706 g/mol. The molecule has 0 aliphatic heterocycles. The molecule has 1 amide bonds. The number of amides is 1. The molecule has 0 radical (unpaired) electrons. The van der Waals surface area contributed by atoms with Crippen LogP contribution >= 0.6 is 0 Å². The van der Waals surface area contributed by atoms with E-state index < -0.39 is 12.1 Å². The van der Waals surface area contributed by atoms with Gasteiger partial charge in [-0.3, -0.25) is 4.79 Å². The van der Waals surface area contributed by atoms with Crippen LogP contribution in [0, 0.1) is 0 Å². The molecule has 0 saturated carbocycles. The Balaban J connectivity index is 3.44. The third-order valence-corrected chi connectivity index (χ3v) is 10.8. The maximum Gasteiger partial charge on any atom is 0.220 e. The predicted molar refractivity (Wildman–Crippen MR) is 221 cm³/mol. The van der Waals surface area contributed by atoms with E-state index in [1.807, 2.05) is 6.08 Å². The maximum absolute atomic E-state index is 12.4. The van der Waals surface area contributed by atoms with Crippen molar-refractivity contribution in [2.75, 3.05) is 6.61 Å². The van der Waals surface area contributed by atoms with E-state index in [0.29, 0.717) is 6.42 Å². The van der Waals surface area contributed by atoms with E-state index in [4.69, 9.17) is 0 Å². The lowest BCUT2D eigenvalue weighted by atomic mass is 10.0. The van der Waals surface area contributed by atoms with E-state index in [1.165, 1.54) is 212 Å². The van der Waals surface area contributed by atoms with Gasteiger partial charge in [-0.25, -0.2) is 0 Å². The maximum atomic E-state index is 12.4. The molecule has 0 unspecified atom stereocenters. The summed E-state index contributed by atoms with van der Waals surface area (Å²) >= 11 is 0. The summed E-state index contributed by atoms with van der Waals surface area (Å²) in [5.41, 5.74) is 0. The van der Waals surface area contributed by atoms with Crippen molar-refractivity contribution in [1.29, 1.82) is 0 Å². The summed E-state index contributed by atoms with van der Waals surface area (Å²) in [7, 11) is 0. The summed E-state index contributed by atoms with van der Waals surface area (Å²) in [5, 5.41) is 23.0. The number of hydrogen-bond donors (Lipinski definition) is 3. The van der Waals surface area contributed by atoms with Crippen LogP contribution in [0.25, 0.3) is 0 Å². The van der Waals surface area contributed by atoms with Gasteiger partial charge in [-0.05, 0) is 19.3 Å². The minimum absolute atomic E-state index is 0.0597. The molecule has 298 valence electrons. The highest BCUT2D eigenvalue weighted by atomic mass is 16.3. The van der Waals surface area contributed by atoms with Gasteiger partial charge in [0, 0.05) is 6.42 Å². The van der Waals surface area contributed by atoms with Crippen LogP contribution < -0.4 is 5.32 Å². The van der Waals surface area contributed by atoms with E-state index in [-0.39, 0.29) is 12.5 Å². The molecule has 0 heterocycles. The molecule has 3 N–H and O–H groups in total. The van der Waals surface area contributed by atoms with Crippen LogP contribution in [0.15, 0.2) is 12.2 Å². The van der Waals surface area contributed by atoms with E-state index in [0.717, 1.165) is 25.7 Å². The second-order valence-corrected chi connectivity index (χ2v) is 15.8. The standard InChI is InChI=1S/C46H91NO3/c1-3-5-7-9-11-13-15-17-18-19-20-21-22-23-24-25-26-27-28-29-30-32-34-36-38-40-42-46(50)47-44(43-48)45(49)41-39-37-35-33-31-16-14-12-10-8-6-4-2/h39,41,44-45,48-49H,3-38,40,42-43H2,1-2H3,(H,47,50)/b41-39+/t44-,45+/m0/s1. The lowest BCUT2D eigenvalue weighted by Gasteiger charge is -2.20. The largest absolute Gasteiger partial charge is 0.394 e. The first-order chi connectivity index (χ1) is 24.7. The number of aliphatic hydroxyl groups is 2. The Kier molecular flexibility index (Phi) is 41.8. The van der Waals surface area contributed by atoms with Gasteiger partial charge in [-0.15, -0.1) is 0 Å². The van der Waals surface area contributed by atoms with Crippen molar-refractivity contribution in [1.82, 2.24) is 5.32 Å². The quantitative estimate of drug-likeness (QED) is 0.0437. The number of carbonyl (C=O) groups is 1. The van der Waals surface area contributed by atoms with Crippen molar-refractivity contribution in [3.63, 3.8) is 0 Å². The molecule has 2 atom stereocenters. The number of unbranched alkanes of at least 4 members (excludes halogenated alkanes) is 35. The minimum atomic E-state index is -0.832. The van der Waals surface area contributed by atoms with Gasteiger partial charge < -0.3 is 15.5 Å². The fourth-order valence-corrected chi connectivity index (χ4v) is 7.24. The predicted octanol–water partition coefficient (Wildman–Crippen LogP) is 14.2. The Hall–Kier alpha value is -0.870. The molecular formula is C46H91NO3.